The number of carbonyl (C=O) groups is 2. The van der Waals surface area contributed by atoms with Crippen molar-refractivity contribution in [1.82, 2.24) is 10.2 Å². The lowest BCUT2D eigenvalue weighted by Gasteiger charge is -2.33. The molecule has 8 nitrogen and oxygen atoms in total. The fraction of sp³-hybridized carbons (Fsp3) is 0.259. The smallest absolute Gasteiger partial charge is 0.244 e. The van der Waals surface area contributed by atoms with E-state index in [9.17, 15) is 18.0 Å². The molecular formula is C27H29BrClN3O5S. The van der Waals surface area contributed by atoms with Crippen molar-refractivity contribution < 1.29 is 22.7 Å². The molecule has 0 bridgehead atoms. The summed E-state index contributed by atoms with van der Waals surface area (Å²) in [6.07, 6.45) is 1.26. The number of nitrogens with zero attached hydrogens (tertiary/aromatic N) is 2. The molecule has 1 unspecified atom stereocenters. The highest BCUT2D eigenvalue weighted by molar-refractivity contribution is 9.10. The number of ether oxygens (including phenoxy) is 1. The maximum Gasteiger partial charge on any atom is 0.244 e. The van der Waals surface area contributed by atoms with Crippen molar-refractivity contribution in [2.45, 2.75) is 19.0 Å². The van der Waals surface area contributed by atoms with Crippen LogP contribution in [-0.2, 0) is 32.6 Å². The van der Waals surface area contributed by atoms with Gasteiger partial charge in [0, 0.05) is 24.5 Å². The molecular weight excluding hydrogens is 594 g/mol. The first-order chi connectivity index (χ1) is 18.0. The molecule has 2 amide bonds. The van der Waals surface area contributed by atoms with Crippen LogP contribution in [0.25, 0.3) is 0 Å². The molecule has 0 heterocycles. The largest absolute Gasteiger partial charge is 0.495 e. The predicted molar refractivity (Wildman–Crippen MR) is 153 cm³/mol. The third kappa shape index (κ3) is 7.72. The van der Waals surface area contributed by atoms with Crippen LogP contribution >= 0.6 is 27.5 Å². The summed E-state index contributed by atoms with van der Waals surface area (Å²) >= 11 is 9.65. The van der Waals surface area contributed by atoms with Crippen molar-refractivity contribution in [2.24, 2.45) is 0 Å². The lowest BCUT2D eigenvalue weighted by Crippen LogP contribution is -2.52. The molecule has 1 atom stereocenters. The van der Waals surface area contributed by atoms with E-state index in [2.05, 4.69) is 21.2 Å². The highest BCUT2D eigenvalue weighted by Gasteiger charge is 2.32. The van der Waals surface area contributed by atoms with Crippen LogP contribution in [0, 0.1) is 0 Å². The van der Waals surface area contributed by atoms with Gasteiger partial charge >= 0.3 is 0 Å². The minimum absolute atomic E-state index is 0.0952. The van der Waals surface area contributed by atoms with Gasteiger partial charge in [0.1, 0.15) is 18.3 Å². The quantitative estimate of drug-likeness (QED) is 0.345. The van der Waals surface area contributed by atoms with E-state index in [1.165, 1.54) is 37.3 Å². The fourth-order valence-corrected chi connectivity index (χ4v) is 5.29. The SMILES string of the molecule is CNC(=O)C(Cc1ccccc1)N(Cc1ccc(Br)cc1)C(=O)CN(c1ccc(OC)c(Cl)c1)S(C)(=O)=O. The topological polar surface area (TPSA) is 96.0 Å². The van der Waals surface area contributed by atoms with Gasteiger partial charge in [-0.25, -0.2) is 8.42 Å². The first-order valence-electron chi connectivity index (χ1n) is 11.6. The number of nitrogens with one attached hydrogen (secondary N) is 1. The van der Waals surface area contributed by atoms with Gasteiger partial charge in [-0.2, -0.15) is 0 Å². The fourth-order valence-electron chi connectivity index (χ4n) is 3.93. The van der Waals surface area contributed by atoms with Gasteiger partial charge in [0.2, 0.25) is 21.8 Å². The number of amides is 2. The first kappa shape index (κ1) is 29.5. The molecule has 0 aliphatic heterocycles. The molecule has 202 valence electrons. The Labute approximate surface area is 236 Å². The Kier molecular flexibility index (Phi) is 10.2. The molecule has 0 aromatic heterocycles. The van der Waals surface area contributed by atoms with E-state index in [1.54, 1.807) is 0 Å². The lowest BCUT2D eigenvalue weighted by atomic mass is 10.0. The lowest BCUT2D eigenvalue weighted by molar-refractivity contribution is -0.139. The Morgan fingerprint density at radius 2 is 1.68 bits per heavy atom. The molecule has 38 heavy (non-hydrogen) atoms. The molecule has 0 aliphatic rings. The van der Waals surface area contributed by atoms with E-state index < -0.39 is 28.5 Å². The third-order valence-corrected chi connectivity index (χ3v) is 7.85. The second-order valence-corrected chi connectivity index (χ2v) is 11.8. The summed E-state index contributed by atoms with van der Waals surface area (Å²) < 4.78 is 32.6. The van der Waals surface area contributed by atoms with Crippen molar-refractivity contribution in [1.29, 1.82) is 0 Å². The standard InChI is InChI=1S/C27H29BrClN3O5S/c1-30-27(34)24(15-19-7-5-4-6-8-19)31(17-20-9-11-21(28)12-10-20)26(33)18-32(38(3,35)36)22-13-14-25(37-2)23(29)16-22/h4-14,16,24H,15,17-18H2,1-3H3,(H,30,34). The van der Waals surface area contributed by atoms with E-state index in [1.807, 2.05) is 54.6 Å². The molecule has 0 spiro atoms. The monoisotopic (exact) mass is 621 g/mol. The summed E-state index contributed by atoms with van der Waals surface area (Å²) in [5.41, 5.74) is 1.84. The number of rotatable bonds is 11. The molecule has 0 aliphatic carbocycles. The average molecular weight is 623 g/mol. The Morgan fingerprint density at radius 1 is 1.03 bits per heavy atom. The highest BCUT2D eigenvalue weighted by Crippen LogP contribution is 2.30. The third-order valence-electron chi connectivity index (χ3n) is 5.89. The van der Waals surface area contributed by atoms with Gasteiger partial charge in [-0.05, 0) is 41.5 Å². The molecule has 3 aromatic carbocycles. The van der Waals surface area contributed by atoms with Crippen molar-refractivity contribution in [3.05, 3.63) is 93.4 Å². The number of halogens is 2. The number of carbonyl (C=O) groups excluding carboxylic acids is 2. The molecule has 0 saturated heterocycles. The van der Waals surface area contributed by atoms with E-state index in [-0.39, 0.29) is 29.6 Å². The number of methoxy groups -OCH3 is 1. The Balaban J connectivity index is 2.03. The second kappa shape index (κ2) is 13.1. The molecule has 11 heteroatoms. The normalized spacial score (nSPS) is 11.9. The van der Waals surface area contributed by atoms with Gasteiger partial charge in [-0.1, -0.05) is 70.0 Å². The van der Waals surface area contributed by atoms with Crippen LogP contribution in [0.1, 0.15) is 11.1 Å². The number of hydrogen-bond donors (Lipinski definition) is 1. The van der Waals surface area contributed by atoms with Crippen molar-refractivity contribution in [3.8, 4) is 5.75 Å². The molecule has 0 fully saturated rings. The van der Waals surface area contributed by atoms with Gasteiger partial charge < -0.3 is 15.0 Å². The van der Waals surface area contributed by atoms with Gasteiger partial charge in [-0.15, -0.1) is 0 Å². The number of benzene rings is 3. The minimum Gasteiger partial charge on any atom is -0.495 e. The maximum absolute atomic E-state index is 13.9. The van der Waals surface area contributed by atoms with Crippen molar-refractivity contribution in [3.63, 3.8) is 0 Å². The molecule has 1 N–H and O–H groups in total. The number of anilines is 1. The van der Waals surface area contributed by atoms with Gasteiger partial charge in [0.25, 0.3) is 0 Å². The van der Waals surface area contributed by atoms with Gasteiger partial charge in [-0.3, -0.25) is 13.9 Å². The van der Waals surface area contributed by atoms with Crippen LogP contribution < -0.4 is 14.4 Å². The number of sulfonamides is 1. The minimum atomic E-state index is -3.89. The molecule has 0 saturated carbocycles. The van der Waals surface area contributed by atoms with Crippen molar-refractivity contribution in [2.75, 3.05) is 31.3 Å². The molecule has 0 radical (unpaired) electrons. The van der Waals surface area contributed by atoms with Crippen LogP contribution in [-0.4, -0.2) is 58.1 Å². The first-order valence-corrected chi connectivity index (χ1v) is 14.7. The van der Waals surface area contributed by atoms with Crippen LogP contribution in [0.2, 0.25) is 5.02 Å². The number of likely N-dealkylation sites (N-methyl/N-ethyl adjacent to an activating group) is 1. The summed E-state index contributed by atoms with van der Waals surface area (Å²) in [6.45, 7) is -0.432. The van der Waals surface area contributed by atoms with E-state index >= 15 is 0 Å². The summed E-state index contributed by atoms with van der Waals surface area (Å²) in [5, 5.41) is 2.85. The van der Waals surface area contributed by atoms with Crippen LogP contribution in [0.5, 0.6) is 5.75 Å². The summed E-state index contributed by atoms with van der Waals surface area (Å²) in [6, 6.07) is 20.3. The molecule has 3 aromatic rings. The summed E-state index contributed by atoms with van der Waals surface area (Å²) in [4.78, 5) is 28.4. The van der Waals surface area contributed by atoms with Crippen molar-refractivity contribution >= 4 is 55.1 Å². The average Bonchev–Trinajstić information content (AvgIpc) is 2.89. The Morgan fingerprint density at radius 3 is 2.24 bits per heavy atom. The summed E-state index contributed by atoms with van der Waals surface area (Å²) in [7, 11) is -0.939. The Hall–Kier alpha value is -3.08. The zero-order valence-corrected chi connectivity index (χ0v) is 24.4. The summed E-state index contributed by atoms with van der Waals surface area (Å²) in [5.74, 6) is -0.540. The van der Waals surface area contributed by atoms with Gasteiger partial charge in [0.05, 0.1) is 24.1 Å². The van der Waals surface area contributed by atoms with Crippen LogP contribution in [0.15, 0.2) is 77.3 Å². The molecule has 3 rings (SSSR count). The number of hydrogen-bond acceptors (Lipinski definition) is 5. The predicted octanol–water partition coefficient (Wildman–Crippen LogP) is 4.26. The second-order valence-electron chi connectivity index (χ2n) is 8.56. The van der Waals surface area contributed by atoms with Gasteiger partial charge in [0.15, 0.2) is 0 Å². The van der Waals surface area contributed by atoms with E-state index in [4.69, 9.17) is 16.3 Å². The highest BCUT2D eigenvalue weighted by atomic mass is 79.9. The van der Waals surface area contributed by atoms with Crippen LogP contribution in [0.3, 0.4) is 0 Å². The van der Waals surface area contributed by atoms with E-state index in [0.717, 1.165) is 26.2 Å². The van der Waals surface area contributed by atoms with Crippen LogP contribution in [0.4, 0.5) is 5.69 Å². The van der Waals surface area contributed by atoms with E-state index in [0.29, 0.717) is 5.75 Å². The zero-order chi connectivity index (χ0) is 27.9. The maximum atomic E-state index is 13.9. The Bertz CT molecular complexity index is 1370. The zero-order valence-electron chi connectivity index (χ0n) is 21.2.